The Hall–Kier alpha value is -1.03. The molecule has 1 aromatic rings. The quantitative estimate of drug-likeness (QED) is 0.554. The Morgan fingerprint density at radius 2 is 1.90 bits per heavy atom. The van der Waals surface area contributed by atoms with Crippen molar-refractivity contribution in [1.29, 1.82) is 0 Å². The van der Waals surface area contributed by atoms with E-state index < -0.39 is 0 Å². The van der Waals surface area contributed by atoms with Crippen molar-refractivity contribution < 1.29 is 4.74 Å². The van der Waals surface area contributed by atoms with Crippen molar-refractivity contribution in [2.45, 2.75) is 65.3 Å². The van der Waals surface area contributed by atoms with Gasteiger partial charge in [-0.05, 0) is 19.8 Å². The van der Waals surface area contributed by atoms with Gasteiger partial charge in [0.1, 0.15) is 0 Å². The maximum atomic E-state index is 5.33. The van der Waals surface area contributed by atoms with Crippen LogP contribution in [0.25, 0.3) is 0 Å². The Bertz CT molecular complexity index is 325. The summed E-state index contributed by atoms with van der Waals surface area (Å²) in [5.41, 5.74) is 0. The standard InChI is InChI=1S/C16H31N3O/c1-3-5-6-7-8-9-13-19-14-12-18-16(19)17-11-10-15-20-4-2/h12,14H,3-11,13,15H2,1-2H3,(H,17,18). The van der Waals surface area contributed by atoms with Crippen LogP contribution < -0.4 is 5.32 Å². The van der Waals surface area contributed by atoms with Crippen LogP contribution in [0.2, 0.25) is 0 Å². The van der Waals surface area contributed by atoms with Crippen LogP contribution in [0.4, 0.5) is 5.95 Å². The molecular formula is C16H31N3O. The molecule has 1 heterocycles. The molecule has 0 saturated carbocycles. The summed E-state index contributed by atoms with van der Waals surface area (Å²) in [5.74, 6) is 0.995. The second-order valence-corrected chi connectivity index (χ2v) is 5.19. The van der Waals surface area contributed by atoms with E-state index in [1.807, 2.05) is 13.1 Å². The van der Waals surface area contributed by atoms with Crippen LogP contribution in [0, 0.1) is 0 Å². The van der Waals surface area contributed by atoms with Crippen molar-refractivity contribution in [1.82, 2.24) is 9.55 Å². The molecule has 0 spiro atoms. The first-order chi connectivity index (χ1) is 9.88. The van der Waals surface area contributed by atoms with Crippen LogP contribution in [0.1, 0.15) is 58.8 Å². The molecule has 0 radical (unpaired) electrons. The lowest BCUT2D eigenvalue weighted by Crippen LogP contribution is -2.10. The van der Waals surface area contributed by atoms with Gasteiger partial charge in [-0.15, -0.1) is 0 Å². The van der Waals surface area contributed by atoms with Crippen LogP contribution in [0.15, 0.2) is 12.4 Å². The molecule has 0 bridgehead atoms. The number of hydrogen-bond acceptors (Lipinski definition) is 3. The normalized spacial score (nSPS) is 10.9. The highest BCUT2D eigenvalue weighted by Crippen LogP contribution is 2.10. The van der Waals surface area contributed by atoms with Crippen LogP contribution >= 0.6 is 0 Å². The molecule has 4 heteroatoms. The van der Waals surface area contributed by atoms with E-state index in [1.165, 1.54) is 38.5 Å². The second kappa shape index (κ2) is 11.8. The topological polar surface area (TPSA) is 39.1 Å². The fraction of sp³-hybridized carbons (Fsp3) is 0.812. The third-order valence-corrected chi connectivity index (χ3v) is 3.42. The summed E-state index contributed by atoms with van der Waals surface area (Å²) in [6.45, 7) is 7.90. The summed E-state index contributed by atoms with van der Waals surface area (Å²) >= 11 is 0. The van der Waals surface area contributed by atoms with Crippen molar-refractivity contribution in [2.75, 3.05) is 25.1 Å². The fourth-order valence-electron chi connectivity index (χ4n) is 2.24. The third kappa shape index (κ3) is 7.53. The van der Waals surface area contributed by atoms with Gasteiger partial charge in [0.15, 0.2) is 0 Å². The average molecular weight is 281 g/mol. The van der Waals surface area contributed by atoms with Gasteiger partial charge in [-0.25, -0.2) is 4.98 Å². The summed E-state index contributed by atoms with van der Waals surface area (Å²) in [6, 6.07) is 0. The summed E-state index contributed by atoms with van der Waals surface area (Å²) in [6.07, 6.45) is 13.0. The van der Waals surface area contributed by atoms with E-state index in [0.717, 1.165) is 38.7 Å². The predicted octanol–water partition coefficient (Wildman–Crippen LogP) is 4.08. The molecule has 0 aromatic carbocycles. The number of anilines is 1. The minimum Gasteiger partial charge on any atom is -0.382 e. The van der Waals surface area contributed by atoms with E-state index in [0.29, 0.717) is 0 Å². The molecule has 1 N–H and O–H groups in total. The van der Waals surface area contributed by atoms with Crippen LogP contribution in [-0.4, -0.2) is 29.3 Å². The zero-order valence-electron chi connectivity index (χ0n) is 13.2. The maximum absolute atomic E-state index is 5.33. The first-order valence-corrected chi connectivity index (χ1v) is 8.21. The minimum atomic E-state index is 0.798. The van der Waals surface area contributed by atoms with E-state index in [4.69, 9.17) is 4.74 Å². The fourth-order valence-corrected chi connectivity index (χ4v) is 2.24. The van der Waals surface area contributed by atoms with Crippen LogP contribution in [0.3, 0.4) is 0 Å². The van der Waals surface area contributed by atoms with Crippen molar-refractivity contribution in [2.24, 2.45) is 0 Å². The Kier molecular flexibility index (Phi) is 10.0. The predicted molar refractivity (Wildman–Crippen MR) is 85.2 cm³/mol. The molecule has 0 aliphatic rings. The lowest BCUT2D eigenvalue weighted by atomic mass is 10.1. The lowest BCUT2D eigenvalue weighted by molar-refractivity contribution is 0.147. The zero-order valence-corrected chi connectivity index (χ0v) is 13.2. The lowest BCUT2D eigenvalue weighted by Gasteiger charge is -2.09. The molecule has 0 aliphatic heterocycles. The number of rotatable bonds is 13. The summed E-state index contributed by atoms with van der Waals surface area (Å²) in [7, 11) is 0. The molecule has 0 amide bonds. The minimum absolute atomic E-state index is 0.798. The molecule has 1 rings (SSSR count). The first-order valence-electron chi connectivity index (χ1n) is 8.21. The number of unbranched alkanes of at least 4 members (excludes halogenated alkanes) is 5. The smallest absolute Gasteiger partial charge is 0.202 e. The third-order valence-electron chi connectivity index (χ3n) is 3.42. The number of hydrogen-bond donors (Lipinski definition) is 1. The average Bonchev–Trinajstić information content (AvgIpc) is 2.90. The Balaban J connectivity index is 2.11. The number of aryl methyl sites for hydroxylation is 1. The molecular weight excluding hydrogens is 250 g/mol. The van der Waals surface area contributed by atoms with Gasteiger partial charge >= 0.3 is 0 Å². The highest BCUT2D eigenvalue weighted by atomic mass is 16.5. The van der Waals surface area contributed by atoms with Crippen LogP contribution in [0.5, 0.6) is 0 Å². The van der Waals surface area contributed by atoms with Gasteiger partial charge < -0.3 is 14.6 Å². The van der Waals surface area contributed by atoms with Crippen molar-refractivity contribution in [3.63, 3.8) is 0 Å². The van der Waals surface area contributed by atoms with Gasteiger partial charge in [-0.3, -0.25) is 0 Å². The summed E-state index contributed by atoms with van der Waals surface area (Å²) < 4.78 is 7.55. The molecule has 0 saturated heterocycles. The summed E-state index contributed by atoms with van der Waals surface area (Å²) in [4.78, 5) is 4.37. The van der Waals surface area contributed by atoms with E-state index in [-0.39, 0.29) is 0 Å². The number of ether oxygens (including phenoxy) is 1. The van der Waals surface area contributed by atoms with Gasteiger partial charge in [0.2, 0.25) is 5.95 Å². The Labute approximate surface area is 123 Å². The van der Waals surface area contributed by atoms with Gasteiger partial charge in [-0.1, -0.05) is 39.0 Å². The Morgan fingerprint density at radius 1 is 1.10 bits per heavy atom. The van der Waals surface area contributed by atoms with E-state index >= 15 is 0 Å². The molecule has 0 fully saturated rings. The molecule has 20 heavy (non-hydrogen) atoms. The number of nitrogens with zero attached hydrogens (tertiary/aromatic N) is 2. The maximum Gasteiger partial charge on any atom is 0.202 e. The molecule has 0 atom stereocenters. The van der Waals surface area contributed by atoms with Crippen LogP contribution in [-0.2, 0) is 11.3 Å². The van der Waals surface area contributed by atoms with E-state index in [2.05, 4.69) is 28.0 Å². The largest absolute Gasteiger partial charge is 0.382 e. The molecule has 0 unspecified atom stereocenters. The Morgan fingerprint density at radius 3 is 2.70 bits per heavy atom. The van der Waals surface area contributed by atoms with Crippen molar-refractivity contribution >= 4 is 5.95 Å². The second-order valence-electron chi connectivity index (χ2n) is 5.19. The highest BCUT2D eigenvalue weighted by Gasteiger charge is 2.01. The zero-order chi connectivity index (χ0) is 14.5. The molecule has 116 valence electrons. The van der Waals surface area contributed by atoms with Gasteiger partial charge in [-0.2, -0.15) is 0 Å². The number of aromatic nitrogens is 2. The van der Waals surface area contributed by atoms with Gasteiger partial charge in [0.25, 0.3) is 0 Å². The monoisotopic (exact) mass is 281 g/mol. The van der Waals surface area contributed by atoms with E-state index in [9.17, 15) is 0 Å². The van der Waals surface area contributed by atoms with Crippen molar-refractivity contribution in [3.8, 4) is 0 Å². The number of imidazole rings is 1. The molecule has 0 aliphatic carbocycles. The highest BCUT2D eigenvalue weighted by molar-refractivity contribution is 5.25. The molecule has 1 aromatic heterocycles. The van der Waals surface area contributed by atoms with Crippen molar-refractivity contribution in [3.05, 3.63) is 12.4 Å². The van der Waals surface area contributed by atoms with Gasteiger partial charge in [0.05, 0.1) is 0 Å². The summed E-state index contributed by atoms with van der Waals surface area (Å²) in [5, 5.41) is 3.39. The van der Waals surface area contributed by atoms with E-state index in [1.54, 1.807) is 0 Å². The molecule has 4 nitrogen and oxygen atoms in total. The SMILES string of the molecule is CCCCCCCCn1ccnc1NCCCOCC. The first kappa shape index (κ1) is 17.0. The number of nitrogens with one attached hydrogen (secondary N) is 1. The van der Waals surface area contributed by atoms with Gasteiger partial charge in [0, 0.05) is 38.7 Å².